The van der Waals surface area contributed by atoms with Gasteiger partial charge >= 0.3 is 0 Å². The van der Waals surface area contributed by atoms with E-state index in [1.54, 1.807) is 23.5 Å². The number of rotatable bonds is 4. The molecule has 3 nitrogen and oxygen atoms in total. The van der Waals surface area contributed by atoms with Crippen LogP contribution >= 0.6 is 11.3 Å². The predicted molar refractivity (Wildman–Crippen MR) is 84.1 cm³/mol. The Morgan fingerprint density at radius 3 is 2.38 bits per heavy atom. The summed E-state index contributed by atoms with van der Waals surface area (Å²) in [5.74, 6) is 0.358. The fourth-order valence-electron chi connectivity index (χ4n) is 1.96. The van der Waals surface area contributed by atoms with Crippen LogP contribution in [-0.4, -0.2) is 4.98 Å². The molecule has 0 radical (unpaired) electrons. The number of thiazole rings is 1. The zero-order valence-electron chi connectivity index (χ0n) is 12.8. The average molecular weight is 308 g/mol. The third kappa shape index (κ3) is 4.02. The molecule has 0 amide bonds. The molecule has 0 spiro atoms. The monoisotopic (exact) mass is 308 g/mol. The van der Waals surface area contributed by atoms with Crippen LogP contribution in [0.3, 0.4) is 0 Å². The number of hydrogen-bond donors (Lipinski definition) is 1. The van der Waals surface area contributed by atoms with Gasteiger partial charge in [0.2, 0.25) is 0 Å². The Morgan fingerprint density at radius 1 is 1.29 bits per heavy atom. The van der Waals surface area contributed by atoms with E-state index in [0.29, 0.717) is 12.4 Å². The molecule has 2 aromatic rings. The lowest BCUT2D eigenvalue weighted by molar-refractivity contribution is 0.304. The summed E-state index contributed by atoms with van der Waals surface area (Å²) in [6.45, 7) is 8.70. The maximum atomic E-state index is 12.8. The van der Waals surface area contributed by atoms with Crippen molar-refractivity contribution in [1.29, 1.82) is 0 Å². The summed E-state index contributed by atoms with van der Waals surface area (Å²) in [6.07, 6.45) is 0. The molecule has 0 saturated heterocycles. The van der Waals surface area contributed by atoms with Gasteiger partial charge in [-0.25, -0.2) is 9.37 Å². The third-order valence-electron chi connectivity index (χ3n) is 3.00. The van der Waals surface area contributed by atoms with Gasteiger partial charge in [0.1, 0.15) is 23.2 Å². The quantitative estimate of drug-likeness (QED) is 0.922. The molecular formula is C16H21FN2OS. The van der Waals surface area contributed by atoms with E-state index < -0.39 is 0 Å². The molecule has 1 heterocycles. The number of nitrogens with two attached hydrogens (primary N) is 1. The number of benzene rings is 1. The number of aromatic nitrogens is 1. The molecule has 5 heteroatoms. The largest absolute Gasteiger partial charge is 0.486 e. The van der Waals surface area contributed by atoms with E-state index in [0.717, 1.165) is 15.6 Å². The molecule has 0 fully saturated rings. The van der Waals surface area contributed by atoms with E-state index in [9.17, 15) is 4.39 Å². The van der Waals surface area contributed by atoms with Crippen LogP contribution in [-0.2, 0) is 12.0 Å². The van der Waals surface area contributed by atoms with Crippen molar-refractivity contribution < 1.29 is 9.13 Å². The van der Waals surface area contributed by atoms with Gasteiger partial charge in [-0.2, -0.15) is 0 Å². The van der Waals surface area contributed by atoms with Crippen LogP contribution in [0, 0.1) is 5.82 Å². The van der Waals surface area contributed by atoms with E-state index in [1.807, 2.05) is 6.92 Å². The normalized spacial score (nSPS) is 13.2. The molecule has 1 atom stereocenters. The Labute approximate surface area is 129 Å². The molecule has 1 aromatic carbocycles. The van der Waals surface area contributed by atoms with Gasteiger partial charge in [0.15, 0.2) is 0 Å². The standard InChI is InChI=1S/C16H21FN2OS/c1-10(18)14-15(16(2,3)4)19-13(21-14)9-20-12-7-5-11(17)6-8-12/h5-8,10H,9,18H2,1-4H3. The van der Waals surface area contributed by atoms with Gasteiger partial charge < -0.3 is 10.5 Å². The van der Waals surface area contributed by atoms with Gasteiger partial charge in [-0.05, 0) is 31.2 Å². The van der Waals surface area contributed by atoms with Crippen molar-refractivity contribution in [2.75, 3.05) is 0 Å². The third-order valence-corrected chi connectivity index (χ3v) is 4.23. The lowest BCUT2D eigenvalue weighted by Gasteiger charge is -2.18. The molecule has 21 heavy (non-hydrogen) atoms. The summed E-state index contributed by atoms with van der Waals surface area (Å²) < 4.78 is 18.5. The average Bonchev–Trinajstić information content (AvgIpc) is 2.82. The van der Waals surface area contributed by atoms with Crippen LogP contribution in [0.25, 0.3) is 0 Å². The van der Waals surface area contributed by atoms with Crippen molar-refractivity contribution in [2.45, 2.75) is 45.8 Å². The van der Waals surface area contributed by atoms with Crippen LogP contribution in [0.2, 0.25) is 0 Å². The summed E-state index contributed by atoms with van der Waals surface area (Å²) in [5.41, 5.74) is 7.02. The zero-order chi connectivity index (χ0) is 15.6. The summed E-state index contributed by atoms with van der Waals surface area (Å²) in [4.78, 5) is 5.77. The van der Waals surface area contributed by atoms with Crippen LogP contribution in [0.15, 0.2) is 24.3 Å². The van der Waals surface area contributed by atoms with Crippen molar-refractivity contribution in [3.05, 3.63) is 45.7 Å². The number of halogens is 1. The summed E-state index contributed by atoms with van der Waals surface area (Å²) in [5, 5.41) is 0.886. The molecule has 2 N–H and O–H groups in total. The van der Waals surface area contributed by atoms with E-state index >= 15 is 0 Å². The summed E-state index contributed by atoms with van der Waals surface area (Å²) in [7, 11) is 0. The van der Waals surface area contributed by atoms with Gasteiger partial charge in [-0.1, -0.05) is 20.8 Å². The van der Waals surface area contributed by atoms with Crippen LogP contribution < -0.4 is 10.5 Å². The maximum Gasteiger partial charge on any atom is 0.140 e. The second-order valence-corrected chi connectivity index (χ2v) is 7.22. The first-order valence-corrected chi connectivity index (χ1v) is 7.73. The first-order valence-electron chi connectivity index (χ1n) is 6.91. The highest BCUT2D eigenvalue weighted by atomic mass is 32.1. The van der Waals surface area contributed by atoms with E-state index in [1.165, 1.54) is 12.1 Å². The second-order valence-electron chi connectivity index (χ2n) is 6.10. The Bertz CT molecular complexity index is 600. The number of hydrogen-bond acceptors (Lipinski definition) is 4. The summed E-state index contributed by atoms with van der Waals surface area (Å²) in [6, 6.07) is 5.94. The Balaban J connectivity index is 2.15. The Hall–Kier alpha value is -1.46. The Morgan fingerprint density at radius 2 is 1.90 bits per heavy atom. The molecule has 0 aliphatic heterocycles. The molecule has 2 rings (SSSR count). The smallest absolute Gasteiger partial charge is 0.140 e. The molecular weight excluding hydrogens is 287 g/mol. The molecule has 1 unspecified atom stereocenters. The van der Waals surface area contributed by atoms with Crippen molar-refractivity contribution >= 4 is 11.3 Å². The Kier molecular flexibility index (Phi) is 4.64. The fraction of sp³-hybridized carbons (Fsp3) is 0.438. The molecule has 114 valence electrons. The van der Waals surface area contributed by atoms with Crippen LogP contribution in [0.4, 0.5) is 4.39 Å². The van der Waals surface area contributed by atoms with Crippen molar-refractivity contribution in [3.63, 3.8) is 0 Å². The van der Waals surface area contributed by atoms with Crippen LogP contribution in [0.1, 0.15) is 49.3 Å². The fourth-order valence-corrected chi connectivity index (χ4v) is 3.10. The molecule has 0 aliphatic carbocycles. The highest BCUT2D eigenvalue weighted by Gasteiger charge is 2.25. The van der Waals surface area contributed by atoms with Crippen molar-refractivity contribution in [2.24, 2.45) is 5.73 Å². The second kappa shape index (κ2) is 6.12. The number of ether oxygens (including phenoxy) is 1. The minimum Gasteiger partial charge on any atom is -0.486 e. The molecule has 0 aliphatic rings. The lowest BCUT2D eigenvalue weighted by atomic mass is 9.90. The van der Waals surface area contributed by atoms with E-state index in [4.69, 9.17) is 10.5 Å². The minimum atomic E-state index is -0.272. The first kappa shape index (κ1) is 15.9. The molecule has 1 aromatic heterocycles. The number of nitrogens with zero attached hydrogens (tertiary/aromatic N) is 1. The zero-order valence-corrected chi connectivity index (χ0v) is 13.6. The topological polar surface area (TPSA) is 48.1 Å². The lowest BCUT2D eigenvalue weighted by Crippen LogP contribution is -2.17. The van der Waals surface area contributed by atoms with Gasteiger partial charge in [0.25, 0.3) is 0 Å². The van der Waals surface area contributed by atoms with Gasteiger partial charge in [0, 0.05) is 16.3 Å². The van der Waals surface area contributed by atoms with Gasteiger partial charge in [-0.3, -0.25) is 0 Å². The van der Waals surface area contributed by atoms with Crippen molar-refractivity contribution in [1.82, 2.24) is 4.98 Å². The first-order chi connectivity index (χ1) is 9.77. The van der Waals surface area contributed by atoms with E-state index in [2.05, 4.69) is 25.8 Å². The van der Waals surface area contributed by atoms with E-state index in [-0.39, 0.29) is 17.3 Å². The predicted octanol–water partition coefficient (Wildman–Crippen LogP) is 4.18. The maximum absolute atomic E-state index is 12.8. The van der Waals surface area contributed by atoms with Crippen LogP contribution in [0.5, 0.6) is 5.75 Å². The SMILES string of the molecule is CC(N)c1sc(COc2ccc(F)cc2)nc1C(C)(C)C. The van der Waals surface area contributed by atoms with Crippen molar-refractivity contribution in [3.8, 4) is 5.75 Å². The molecule has 0 saturated carbocycles. The molecule has 0 bridgehead atoms. The highest BCUT2D eigenvalue weighted by Crippen LogP contribution is 2.33. The highest BCUT2D eigenvalue weighted by molar-refractivity contribution is 7.11. The minimum absolute atomic E-state index is 0.0451. The van der Waals surface area contributed by atoms with Gasteiger partial charge in [0.05, 0.1) is 5.69 Å². The summed E-state index contributed by atoms with van der Waals surface area (Å²) >= 11 is 1.58. The van der Waals surface area contributed by atoms with Gasteiger partial charge in [-0.15, -0.1) is 11.3 Å².